The van der Waals surface area contributed by atoms with Crippen molar-refractivity contribution in [2.45, 2.75) is 38.8 Å². The predicted molar refractivity (Wildman–Crippen MR) is 122 cm³/mol. The van der Waals surface area contributed by atoms with Crippen LogP contribution < -0.4 is 14.4 Å². The Balaban J connectivity index is 1.83. The molecule has 6 nitrogen and oxygen atoms in total. The van der Waals surface area contributed by atoms with Gasteiger partial charge in [-0.1, -0.05) is 37.6 Å². The van der Waals surface area contributed by atoms with Gasteiger partial charge < -0.3 is 10.1 Å². The molecule has 0 saturated carbocycles. The van der Waals surface area contributed by atoms with Gasteiger partial charge in [0.25, 0.3) is 0 Å². The molecule has 2 aromatic rings. The maximum atomic E-state index is 13.3. The quantitative estimate of drug-likeness (QED) is 0.451. The standard InChI is InChI=1S/C23H29F3N2O4S/c1-3-7-18-11-13-19(14-12-18)32-17-15-27-22(29)10-6-16-28(33(2,30)31)21-9-5-4-8-20(21)23(24,25)26/h4-5,8-9,11-14H,3,6-7,10,15-17H2,1-2H3,(H,27,29). The number of nitrogens with one attached hydrogen (secondary N) is 1. The number of para-hydroxylation sites is 1. The molecule has 2 rings (SSSR count). The number of halogens is 3. The molecule has 1 amide bonds. The fourth-order valence-corrected chi connectivity index (χ4v) is 4.24. The van der Waals surface area contributed by atoms with Crippen LogP contribution in [0.25, 0.3) is 0 Å². The summed E-state index contributed by atoms with van der Waals surface area (Å²) in [7, 11) is -3.98. The number of hydrogen-bond acceptors (Lipinski definition) is 4. The van der Waals surface area contributed by atoms with Gasteiger partial charge in [0, 0.05) is 13.0 Å². The lowest BCUT2D eigenvalue weighted by molar-refractivity contribution is -0.137. The number of benzene rings is 2. The van der Waals surface area contributed by atoms with Crippen molar-refractivity contribution in [2.75, 3.05) is 30.3 Å². The minimum Gasteiger partial charge on any atom is -0.492 e. The van der Waals surface area contributed by atoms with Crippen molar-refractivity contribution in [3.05, 3.63) is 59.7 Å². The number of nitrogens with zero attached hydrogens (tertiary/aromatic N) is 1. The first-order valence-corrected chi connectivity index (χ1v) is 12.5. The molecule has 0 aliphatic heterocycles. The maximum Gasteiger partial charge on any atom is 0.418 e. The van der Waals surface area contributed by atoms with E-state index in [2.05, 4.69) is 12.2 Å². The zero-order valence-corrected chi connectivity index (χ0v) is 19.5. The van der Waals surface area contributed by atoms with E-state index < -0.39 is 27.5 Å². The number of ether oxygens (including phenoxy) is 1. The van der Waals surface area contributed by atoms with Crippen LogP contribution in [0.3, 0.4) is 0 Å². The van der Waals surface area contributed by atoms with E-state index in [9.17, 15) is 26.4 Å². The zero-order chi connectivity index (χ0) is 24.5. The van der Waals surface area contributed by atoms with Crippen molar-refractivity contribution >= 4 is 21.6 Å². The predicted octanol–water partition coefficient (Wildman–Crippen LogP) is 4.40. The fourth-order valence-electron chi connectivity index (χ4n) is 3.27. The summed E-state index contributed by atoms with van der Waals surface area (Å²) in [6.07, 6.45) is -1.78. The lowest BCUT2D eigenvalue weighted by Gasteiger charge is -2.25. The van der Waals surface area contributed by atoms with E-state index in [0.29, 0.717) is 10.1 Å². The summed E-state index contributed by atoms with van der Waals surface area (Å²) in [5, 5.41) is 2.66. The van der Waals surface area contributed by atoms with Crippen molar-refractivity contribution in [1.82, 2.24) is 5.32 Å². The number of amides is 1. The first kappa shape index (κ1) is 26.5. The topological polar surface area (TPSA) is 75.7 Å². The molecule has 0 atom stereocenters. The highest BCUT2D eigenvalue weighted by molar-refractivity contribution is 7.92. The Labute approximate surface area is 192 Å². The first-order chi connectivity index (χ1) is 15.5. The highest BCUT2D eigenvalue weighted by Gasteiger charge is 2.36. The van der Waals surface area contributed by atoms with Crippen molar-refractivity contribution in [3.8, 4) is 5.75 Å². The van der Waals surface area contributed by atoms with E-state index >= 15 is 0 Å². The Morgan fingerprint density at radius 2 is 1.76 bits per heavy atom. The summed E-state index contributed by atoms with van der Waals surface area (Å²) < 4.78 is 70.4. The number of hydrogen-bond donors (Lipinski definition) is 1. The van der Waals surface area contributed by atoms with E-state index in [4.69, 9.17) is 4.74 Å². The Morgan fingerprint density at radius 3 is 2.36 bits per heavy atom. The number of sulfonamides is 1. The SMILES string of the molecule is CCCc1ccc(OCCNC(=O)CCCN(c2ccccc2C(F)(F)F)S(C)(=O)=O)cc1. The molecular formula is C23H29F3N2O4S. The summed E-state index contributed by atoms with van der Waals surface area (Å²) in [5.74, 6) is 0.352. The van der Waals surface area contributed by atoms with Crippen LogP contribution >= 0.6 is 0 Å². The molecule has 2 aromatic carbocycles. The van der Waals surface area contributed by atoms with Crippen LogP contribution in [0.5, 0.6) is 5.75 Å². The van der Waals surface area contributed by atoms with Crippen molar-refractivity contribution in [2.24, 2.45) is 0 Å². The van der Waals surface area contributed by atoms with E-state index in [1.807, 2.05) is 24.3 Å². The van der Waals surface area contributed by atoms with Crippen LogP contribution in [-0.4, -0.2) is 40.3 Å². The fraction of sp³-hybridized carbons (Fsp3) is 0.435. The number of rotatable bonds is 12. The van der Waals surface area contributed by atoms with Crippen LogP contribution in [0.4, 0.5) is 18.9 Å². The highest BCUT2D eigenvalue weighted by atomic mass is 32.2. The number of anilines is 1. The third-order valence-electron chi connectivity index (χ3n) is 4.80. The molecule has 0 aliphatic rings. The molecular weight excluding hydrogens is 457 g/mol. The summed E-state index contributed by atoms with van der Waals surface area (Å²) in [5.41, 5.74) is -0.273. The second-order valence-corrected chi connectivity index (χ2v) is 9.45. The van der Waals surface area contributed by atoms with E-state index in [1.54, 1.807) is 0 Å². The molecule has 10 heteroatoms. The molecule has 0 radical (unpaired) electrons. The molecule has 0 fully saturated rings. The molecule has 0 aliphatic carbocycles. The van der Waals surface area contributed by atoms with Crippen molar-refractivity contribution < 1.29 is 31.1 Å². The molecule has 0 spiro atoms. The number of carbonyl (C=O) groups is 1. The number of carbonyl (C=O) groups excluding carboxylic acids is 1. The molecule has 0 saturated heterocycles. The molecule has 0 heterocycles. The van der Waals surface area contributed by atoms with E-state index in [1.165, 1.54) is 17.7 Å². The molecule has 0 aromatic heterocycles. The summed E-state index contributed by atoms with van der Waals surface area (Å²) in [6.45, 7) is 2.36. The lowest BCUT2D eigenvalue weighted by atomic mass is 10.1. The lowest BCUT2D eigenvalue weighted by Crippen LogP contribution is -2.34. The summed E-state index contributed by atoms with van der Waals surface area (Å²) in [6, 6.07) is 12.2. The normalized spacial score (nSPS) is 11.8. The summed E-state index contributed by atoms with van der Waals surface area (Å²) in [4.78, 5) is 12.1. The van der Waals surface area contributed by atoms with Crippen LogP contribution in [0.2, 0.25) is 0 Å². The van der Waals surface area contributed by atoms with Crippen LogP contribution in [0.15, 0.2) is 48.5 Å². The Morgan fingerprint density at radius 1 is 1.09 bits per heavy atom. The van der Waals surface area contributed by atoms with Gasteiger partial charge in [-0.05, 0) is 42.7 Å². The second kappa shape index (κ2) is 11.9. The highest BCUT2D eigenvalue weighted by Crippen LogP contribution is 2.37. The van der Waals surface area contributed by atoms with Gasteiger partial charge in [0.15, 0.2) is 0 Å². The van der Waals surface area contributed by atoms with Crippen molar-refractivity contribution in [1.29, 1.82) is 0 Å². The van der Waals surface area contributed by atoms with Gasteiger partial charge in [-0.3, -0.25) is 9.10 Å². The van der Waals surface area contributed by atoms with Crippen molar-refractivity contribution in [3.63, 3.8) is 0 Å². The molecule has 33 heavy (non-hydrogen) atoms. The van der Waals surface area contributed by atoms with E-state index in [0.717, 1.165) is 31.2 Å². The molecule has 1 N–H and O–H groups in total. The third kappa shape index (κ3) is 8.60. The van der Waals surface area contributed by atoms with Crippen LogP contribution in [-0.2, 0) is 27.4 Å². The van der Waals surface area contributed by atoms with Crippen LogP contribution in [0.1, 0.15) is 37.3 Å². The average Bonchev–Trinajstić information content (AvgIpc) is 2.74. The van der Waals surface area contributed by atoms with Gasteiger partial charge >= 0.3 is 6.18 Å². The third-order valence-corrected chi connectivity index (χ3v) is 5.98. The average molecular weight is 487 g/mol. The second-order valence-electron chi connectivity index (χ2n) is 7.55. The van der Waals surface area contributed by atoms with Gasteiger partial charge in [0.1, 0.15) is 12.4 Å². The molecule has 0 bridgehead atoms. The number of aryl methyl sites for hydroxylation is 1. The largest absolute Gasteiger partial charge is 0.492 e. The maximum absolute atomic E-state index is 13.3. The van der Waals surface area contributed by atoms with Gasteiger partial charge in [0.2, 0.25) is 15.9 Å². The monoisotopic (exact) mass is 486 g/mol. The molecule has 0 unspecified atom stereocenters. The molecule has 182 valence electrons. The van der Waals surface area contributed by atoms with Gasteiger partial charge in [0.05, 0.1) is 24.1 Å². The summed E-state index contributed by atoms with van der Waals surface area (Å²) >= 11 is 0. The smallest absolute Gasteiger partial charge is 0.418 e. The Bertz CT molecular complexity index is 1010. The minimum atomic E-state index is -4.70. The van der Waals surface area contributed by atoms with E-state index in [-0.39, 0.29) is 38.4 Å². The van der Waals surface area contributed by atoms with Gasteiger partial charge in [-0.15, -0.1) is 0 Å². The number of alkyl halides is 3. The Hall–Kier alpha value is -2.75. The van der Waals surface area contributed by atoms with Gasteiger partial charge in [-0.25, -0.2) is 8.42 Å². The van der Waals surface area contributed by atoms with Crippen LogP contribution in [0, 0.1) is 0 Å². The zero-order valence-electron chi connectivity index (χ0n) is 18.7. The minimum absolute atomic E-state index is 0.0358. The Kier molecular flexibility index (Phi) is 9.57. The van der Waals surface area contributed by atoms with Gasteiger partial charge in [-0.2, -0.15) is 13.2 Å². The first-order valence-electron chi connectivity index (χ1n) is 10.6.